The molecule has 2 N–H and O–H groups in total. The Kier molecular flexibility index (Phi) is 6.10. The van der Waals surface area contributed by atoms with Crippen molar-refractivity contribution >= 4 is 27.2 Å². The maximum atomic E-state index is 12.8. The van der Waals surface area contributed by atoms with E-state index in [0.29, 0.717) is 24.6 Å². The van der Waals surface area contributed by atoms with Crippen LogP contribution in [0.3, 0.4) is 0 Å². The molecule has 1 atom stereocenters. The van der Waals surface area contributed by atoms with Crippen LogP contribution in [0.1, 0.15) is 32.8 Å². The Morgan fingerprint density at radius 3 is 2.45 bits per heavy atom. The molecule has 0 bridgehead atoms. The van der Waals surface area contributed by atoms with Crippen molar-refractivity contribution < 1.29 is 8.42 Å². The molecule has 112 valence electrons. The Morgan fingerprint density at radius 2 is 1.95 bits per heavy atom. The minimum Gasteiger partial charge on any atom is -0.389 e. The van der Waals surface area contributed by atoms with Crippen molar-refractivity contribution in [2.75, 3.05) is 13.1 Å². The van der Waals surface area contributed by atoms with Crippen LogP contribution in [0.2, 0.25) is 0 Å². The number of sulfonamides is 1. The molecule has 0 fully saturated rings. The molecule has 1 unspecified atom stereocenters. The third-order valence-electron chi connectivity index (χ3n) is 3.34. The molecule has 0 aliphatic carbocycles. The highest BCUT2D eigenvalue weighted by molar-refractivity contribution is 7.89. The lowest BCUT2D eigenvalue weighted by atomic mass is 10.1. The van der Waals surface area contributed by atoms with Crippen LogP contribution >= 0.6 is 12.2 Å². The second-order valence-corrected chi connectivity index (χ2v) is 7.18. The Hall–Kier alpha value is -0.980. The van der Waals surface area contributed by atoms with Crippen molar-refractivity contribution in [2.24, 2.45) is 11.7 Å². The fraction of sp³-hybridized carbons (Fsp3) is 0.500. The van der Waals surface area contributed by atoms with Crippen LogP contribution < -0.4 is 5.73 Å². The van der Waals surface area contributed by atoms with Gasteiger partial charge in [0.2, 0.25) is 10.0 Å². The first-order valence-corrected chi connectivity index (χ1v) is 8.58. The second kappa shape index (κ2) is 7.15. The van der Waals surface area contributed by atoms with Crippen LogP contribution in [-0.2, 0) is 10.0 Å². The summed E-state index contributed by atoms with van der Waals surface area (Å²) in [5.41, 5.74) is 6.04. The van der Waals surface area contributed by atoms with E-state index < -0.39 is 10.0 Å². The molecule has 0 aromatic heterocycles. The summed E-state index contributed by atoms with van der Waals surface area (Å²) in [6.07, 6.45) is 0.933. The number of nitrogens with two attached hydrogens (primary N) is 1. The molecule has 20 heavy (non-hydrogen) atoms. The van der Waals surface area contributed by atoms with Gasteiger partial charge in [-0.3, -0.25) is 0 Å². The minimum absolute atomic E-state index is 0.101. The van der Waals surface area contributed by atoms with Crippen LogP contribution in [0, 0.1) is 5.92 Å². The fourth-order valence-electron chi connectivity index (χ4n) is 1.91. The summed E-state index contributed by atoms with van der Waals surface area (Å²) in [7, 11) is -3.57. The van der Waals surface area contributed by atoms with Gasteiger partial charge in [0.25, 0.3) is 0 Å². The van der Waals surface area contributed by atoms with Gasteiger partial charge >= 0.3 is 0 Å². The predicted molar refractivity (Wildman–Crippen MR) is 86.2 cm³/mol. The van der Waals surface area contributed by atoms with Crippen molar-refractivity contribution in [3.05, 3.63) is 29.8 Å². The van der Waals surface area contributed by atoms with Gasteiger partial charge in [0.1, 0.15) is 4.99 Å². The van der Waals surface area contributed by atoms with E-state index in [4.69, 9.17) is 18.0 Å². The molecule has 4 nitrogen and oxygen atoms in total. The number of thiocarbonyl (C=S) groups is 1. The Balaban J connectivity index is 3.24. The number of rotatable bonds is 7. The summed E-state index contributed by atoms with van der Waals surface area (Å²) >= 11 is 4.95. The average molecular weight is 314 g/mol. The van der Waals surface area contributed by atoms with Crippen LogP contribution in [-0.4, -0.2) is 30.8 Å². The maximum absolute atomic E-state index is 12.8. The lowest BCUT2D eigenvalue weighted by molar-refractivity contribution is 0.361. The molecule has 0 aliphatic rings. The average Bonchev–Trinajstić information content (AvgIpc) is 2.44. The highest BCUT2D eigenvalue weighted by Crippen LogP contribution is 2.21. The van der Waals surface area contributed by atoms with Gasteiger partial charge in [0.15, 0.2) is 0 Å². The normalized spacial score (nSPS) is 13.4. The van der Waals surface area contributed by atoms with E-state index >= 15 is 0 Å². The summed E-state index contributed by atoms with van der Waals surface area (Å²) in [5.74, 6) is 0.307. The summed E-state index contributed by atoms with van der Waals surface area (Å²) < 4.78 is 27.0. The minimum atomic E-state index is -3.57. The number of hydrogen-bond donors (Lipinski definition) is 1. The first-order valence-electron chi connectivity index (χ1n) is 6.73. The van der Waals surface area contributed by atoms with Crippen LogP contribution in [0.4, 0.5) is 0 Å². The number of hydrogen-bond acceptors (Lipinski definition) is 3. The Labute approximate surface area is 127 Å². The predicted octanol–water partition coefficient (Wildman–Crippen LogP) is 2.38. The monoisotopic (exact) mass is 314 g/mol. The van der Waals surface area contributed by atoms with Gasteiger partial charge in [-0.1, -0.05) is 57.6 Å². The molecule has 0 radical (unpaired) electrons. The first kappa shape index (κ1) is 17.1. The zero-order chi connectivity index (χ0) is 15.3. The van der Waals surface area contributed by atoms with Crippen LogP contribution in [0.5, 0.6) is 0 Å². The maximum Gasteiger partial charge on any atom is 0.243 e. The molecule has 0 aliphatic heterocycles. The zero-order valence-electron chi connectivity index (χ0n) is 12.2. The standard InChI is InChI=1S/C14H22N2O2S2/c1-4-11(3)10-16(5-2)20(17,18)13-9-7-6-8-12(13)14(15)19/h6-9,11H,4-5,10H2,1-3H3,(H2,15,19). The topological polar surface area (TPSA) is 63.4 Å². The molecule has 0 saturated carbocycles. The van der Waals surface area contributed by atoms with Gasteiger partial charge in [0.05, 0.1) is 4.90 Å². The molecule has 0 saturated heterocycles. The molecule has 0 amide bonds. The van der Waals surface area contributed by atoms with E-state index in [2.05, 4.69) is 0 Å². The SMILES string of the molecule is CCC(C)CN(CC)S(=O)(=O)c1ccccc1C(N)=S. The summed E-state index contributed by atoms with van der Waals surface area (Å²) in [4.78, 5) is 0.293. The van der Waals surface area contributed by atoms with E-state index in [9.17, 15) is 8.42 Å². The van der Waals surface area contributed by atoms with Crippen molar-refractivity contribution in [3.63, 3.8) is 0 Å². The van der Waals surface area contributed by atoms with E-state index in [0.717, 1.165) is 6.42 Å². The quantitative estimate of drug-likeness (QED) is 0.785. The van der Waals surface area contributed by atoms with Crippen molar-refractivity contribution in [3.8, 4) is 0 Å². The summed E-state index contributed by atoms with van der Waals surface area (Å²) in [6, 6.07) is 6.62. The molecule has 0 heterocycles. The van der Waals surface area contributed by atoms with Gasteiger partial charge in [-0.2, -0.15) is 4.31 Å². The van der Waals surface area contributed by atoms with E-state index in [1.165, 1.54) is 4.31 Å². The van der Waals surface area contributed by atoms with Crippen LogP contribution in [0.25, 0.3) is 0 Å². The Bertz CT molecular complexity index is 570. The third kappa shape index (κ3) is 3.77. The number of benzene rings is 1. The van der Waals surface area contributed by atoms with E-state index in [1.807, 2.05) is 20.8 Å². The summed E-state index contributed by atoms with van der Waals surface area (Å²) in [6.45, 7) is 6.86. The van der Waals surface area contributed by atoms with Gasteiger partial charge in [-0.05, 0) is 12.0 Å². The van der Waals surface area contributed by atoms with Crippen molar-refractivity contribution in [1.29, 1.82) is 0 Å². The second-order valence-electron chi connectivity index (χ2n) is 4.83. The molecule has 1 aromatic rings. The third-order valence-corrected chi connectivity index (χ3v) is 5.55. The largest absolute Gasteiger partial charge is 0.389 e. The fourth-order valence-corrected chi connectivity index (χ4v) is 3.93. The summed E-state index contributed by atoms with van der Waals surface area (Å²) in [5, 5.41) is 0. The molecular formula is C14H22N2O2S2. The smallest absolute Gasteiger partial charge is 0.243 e. The first-order chi connectivity index (χ1) is 9.34. The zero-order valence-corrected chi connectivity index (χ0v) is 13.8. The van der Waals surface area contributed by atoms with Crippen LogP contribution in [0.15, 0.2) is 29.2 Å². The Morgan fingerprint density at radius 1 is 1.35 bits per heavy atom. The van der Waals surface area contributed by atoms with E-state index in [-0.39, 0.29) is 9.88 Å². The van der Waals surface area contributed by atoms with Crippen molar-refractivity contribution in [1.82, 2.24) is 4.31 Å². The van der Waals surface area contributed by atoms with Gasteiger partial charge in [-0.25, -0.2) is 8.42 Å². The highest BCUT2D eigenvalue weighted by Gasteiger charge is 2.27. The lowest BCUT2D eigenvalue weighted by Gasteiger charge is -2.24. The van der Waals surface area contributed by atoms with Crippen molar-refractivity contribution in [2.45, 2.75) is 32.1 Å². The molecule has 1 aromatic carbocycles. The number of nitrogens with zero attached hydrogens (tertiary/aromatic N) is 1. The van der Waals surface area contributed by atoms with Gasteiger partial charge in [-0.15, -0.1) is 0 Å². The highest BCUT2D eigenvalue weighted by atomic mass is 32.2. The lowest BCUT2D eigenvalue weighted by Crippen LogP contribution is -2.35. The van der Waals surface area contributed by atoms with E-state index in [1.54, 1.807) is 24.3 Å². The molecular weight excluding hydrogens is 292 g/mol. The molecule has 1 rings (SSSR count). The van der Waals surface area contributed by atoms with Gasteiger partial charge < -0.3 is 5.73 Å². The molecule has 0 spiro atoms. The molecule has 6 heteroatoms. The van der Waals surface area contributed by atoms with Gasteiger partial charge in [0, 0.05) is 18.7 Å².